The first-order valence-electron chi connectivity index (χ1n) is 8.43. The van der Waals surface area contributed by atoms with E-state index in [0.29, 0.717) is 17.5 Å². The van der Waals surface area contributed by atoms with E-state index in [2.05, 4.69) is 15.6 Å². The number of para-hydroxylation sites is 1. The van der Waals surface area contributed by atoms with E-state index in [1.807, 2.05) is 48.5 Å². The summed E-state index contributed by atoms with van der Waals surface area (Å²) in [6.45, 7) is 0.630. The quantitative estimate of drug-likeness (QED) is 0.479. The van der Waals surface area contributed by atoms with Crippen molar-refractivity contribution in [3.63, 3.8) is 0 Å². The van der Waals surface area contributed by atoms with Crippen LogP contribution in [0.1, 0.15) is 12.0 Å². The van der Waals surface area contributed by atoms with E-state index in [1.54, 1.807) is 0 Å². The molecule has 138 valence electrons. The van der Waals surface area contributed by atoms with E-state index in [-0.39, 0.29) is 25.0 Å². The summed E-state index contributed by atoms with van der Waals surface area (Å²) in [7, 11) is 0. The number of carbonyl (C=O) groups is 2. The van der Waals surface area contributed by atoms with Crippen LogP contribution < -0.4 is 20.1 Å². The van der Waals surface area contributed by atoms with Gasteiger partial charge in [-0.3, -0.25) is 19.9 Å². The number of nitrogens with one attached hydrogen (secondary N) is 2. The summed E-state index contributed by atoms with van der Waals surface area (Å²) in [6.07, 6.45) is 0.156. The number of nitrogens with zero attached hydrogens (tertiary/aromatic N) is 1. The highest BCUT2D eigenvalue weighted by Gasteiger charge is 2.32. The highest BCUT2D eigenvalue weighted by Crippen LogP contribution is 2.33. The molecule has 8 heteroatoms. The molecule has 0 saturated carbocycles. The van der Waals surface area contributed by atoms with Gasteiger partial charge in [0, 0.05) is 12.1 Å². The van der Waals surface area contributed by atoms with Crippen LogP contribution >= 0.6 is 11.8 Å². The molecule has 2 amide bonds. The van der Waals surface area contributed by atoms with E-state index >= 15 is 0 Å². The number of benzene rings is 2. The zero-order chi connectivity index (χ0) is 18.6. The molecule has 2 aromatic rings. The molecular weight excluding hydrogens is 366 g/mol. The molecule has 2 aliphatic heterocycles. The van der Waals surface area contributed by atoms with Gasteiger partial charge in [-0.25, -0.2) is 0 Å². The number of fused-ring (bicyclic) bond motifs is 1. The molecule has 0 aliphatic carbocycles. The Bertz CT molecular complexity index is 901. The van der Waals surface area contributed by atoms with E-state index in [9.17, 15) is 9.59 Å². The Morgan fingerprint density at radius 3 is 2.74 bits per heavy atom. The zero-order valence-corrected chi connectivity index (χ0v) is 15.1. The van der Waals surface area contributed by atoms with Crippen molar-refractivity contribution in [2.24, 2.45) is 4.99 Å². The zero-order valence-electron chi connectivity index (χ0n) is 14.3. The summed E-state index contributed by atoms with van der Waals surface area (Å²) in [5, 5.41) is 5.65. The van der Waals surface area contributed by atoms with Crippen molar-refractivity contribution in [2.45, 2.75) is 18.2 Å². The Labute approximate surface area is 160 Å². The second-order valence-electron chi connectivity index (χ2n) is 6.02. The number of aliphatic imine (C=N–C) groups is 1. The van der Waals surface area contributed by atoms with Gasteiger partial charge in [0.2, 0.25) is 18.6 Å². The van der Waals surface area contributed by atoms with Crippen LogP contribution in [0, 0.1) is 0 Å². The lowest BCUT2D eigenvalue weighted by Crippen LogP contribution is -2.25. The van der Waals surface area contributed by atoms with Gasteiger partial charge in [0.1, 0.15) is 5.25 Å². The lowest BCUT2D eigenvalue weighted by atomic mass is 10.2. The predicted octanol–water partition coefficient (Wildman–Crippen LogP) is 2.53. The maximum Gasteiger partial charge on any atom is 0.240 e. The second-order valence-corrected chi connectivity index (χ2v) is 7.21. The van der Waals surface area contributed by atoms with E-state index in [4.69, 9.17) is 9.47 Å². The first-order valence-corrected chi connectivity index (χ1v) is 9.31. The minimum absolute atomic E-state index is 0.156. The Balaban J connectivity index is 1.52. The largest absolute Gasteiger partial charge is 0.454 e. The number of rotatable bonds is 4. The Morgan fingerprint density at radius 2 is 1.96 bits per heavy atom. The molecule has 2 N–H and O–H groups in total. The number of imide groups is 1. The molecule has 0 unspecified atom stereocenters. The lowest BCUT2D eigenvalue weighted by molar-refractivity contribution is -0.124. The summed E-state index contributed by atoms with van der Waals surface area (Å²) in [5.74, 6) is 0.887. The summed E-state index contributed by atoms with van der Waals surface area (Å²) < 4.78 is 10.7. The number of anilines is 1. The standard InChI is InChI=1S/C19H17N3O4S/c23-17-9-16(18(24)22-17)27-19(21-13-4-2-1-3-5-13)20-10-12-6-7-14-15(8-12)26-11-25-14/h1-8,16H,9-11H2,(H,20,21)(H,22,23,24)/t16-/m1/s1. The van der Waals surface area contributed by atoms with Gasteiger partial charge < -0.3 is 14.8 Å². The normalized spacial score (nSPS) is 18.5. The molecule has 27 heavy (non-hydrogen) atoms. The van der Waals surface area contributed by atoms with Crippen molar-refractivity contribution in [1.29, 1.82) is 0 Å². The molecule has 1 saturated heterocycles. The van der Waals surface area contributed by atoms with Gasteiger partial charge in [-0.2, -0.15) is 0 Å². The van der Waals surface area contributed by atoms with Crippen molar-refractivity contribution < 1.29 is 19.1 Å². The smallest absolute Gasteiger partial charge is 0.240 e. The van der Waals surface area contributed by atoms with Gasteiger partial charge in [0.25, 0.3) is 0 Å². The predicted molar refractivity (Wildman–Crippen MR) is 103 cm³/mol. The van der Waals surface area contributed by atoms with E-state index in [0.717, 1.165) is 17.0 Å². The topological polar surface area (TPSA) is 89.0 Å². The minimum atomic E-state index is -0.482. The average molecular weight is 383 g/mol. The van der Waals surface area contributed by atoms with Crippen LogP contribution in [0.3, 0.4) is 0 Å². The van der Waals surface area contributed by atoms with Crippen molar-refractivity contribution in [1.82, 2.24) is 5.32 Å². The molecule has 7 nitrogen and oxygen atoms in total. The maximum atomic E-state index is 11.9. The van der Waals surface area contributed by atoms with Crippen LogP contribution in [0.5, 0.6) is 11.5 Å². The highest BCUT2D eigenvalue weighted by atomic mass is 32.2. The molecule has 0 bridgehead atoms. The SMILES string of the molecule is O=C1C[C@@H](SC(=NCc2ccc3c(c2)OCO3)Nc2ccccc2)C(=O)N1. The Kier molecular flexibility index (Phi) is 4.97. The summed E-state index contributed by atoms with van der Waals surface area (Å²) >= 11 is 1.25. The number of hydrogen-bond donors (Lipinski definition) is 2. The van der Waals surface area contributed by atoms with Gasteiger partial charge in [-0.15, -0.1) is 0 Å². The molecule has 0 aromatic heterocycles. The first-order chi connectivity index (χ1) is 13.2. The van der Waals surface area contributed by atoms with E-state index in [1.165, 1.54) is 11.8 Å². The Morgan fingerprint density at radius 1 is 1.15 bits per heavy atom. The molecule has 1 fully saturated rings. The summed E-state index contributed by atoms with van der Waals surface area (Å²) in [6, 6.07) is 15.2. The van der Waals surface area contributed by atoms with Crippen LogP contribution in [0.25, 0.3) is 0 Å². The van der Waals surface area contributed by atoms with Crippen LogP contribution in [-0.2, 0) is 16.1 Å². The number of ether oxygens (including phenoxy) is 2. The van der Waals surface area contributed by atoms with Gasteiger partial charge in [-0.05, 0) is 29.8 Å². The fourth-order valence-electron chi connectivity index (χ4n) is 2.71. The number of amidine groups is 1. The average Bonchev–Trinajstić information content (AvgIpc) is 3.26. The minimum Gasteiger partial charge on any atom is -0.454 e. The molecular formula is C19H17N3O4S. The van der Waals surface area contributed by atoms with Gasteiger partial charge >= 0.3 is 0 Å². The maximum absolute atomic E-state index is 11.9. The highest BCUT2D eigenvalue weighted by molar-refractivity contribution is 8.15. The number of thioether (sulfide) groups is 1. The van der Waals surface area contributed by atoms with Gasteiger partial charge in [-0.1, -0.05) is 36.0 Å². The van der Waals surface area contributed by atoms with Crippen molar-refractivity contribution in [3.8, 4) is 11.5 Å². The third kappa shape index (κ3) is 4.22. The Hall–Kier alpha value is -3.00. The van der Waals surface area contributed by atoms with Crippen LogP contribution in [0.4, 0.5) is 5.69 Å². The molecule has 2 aliphatic rings. The fourth-order valence-corrected chi connectivity index (χ4v) is 3.70. The van der Waals surface area contributed by atoms with Crippen molar-refractivity contribution in [2.75, 3.05) is 12.1 Å². The molecule has 4 rings (SSSR count). The van der Waals surface area contributed by atoms with Gasteiger partial charge in [0.15, 0.2) is 16.7 Å². The molecule has 0 spiro atoms. The molecule has 2 heterocycles. The second kappa shape index (κ2) is 7.71. The van der Waals surface area contributed by atoms with Crippen LogP contribution in [0.2, 0.25) is 0 Å². The van der Waals surface area contributed by atoms with E-state index < -0.39 is 5.25 Å². The van der Waals surface area contributed by atoms with Gasteiger partial charge in [0.05, 0.1) is 6.54 Å². The first kappa shape index (κ1) is 17.4. The summed E-state index contributed by atoms with van der Waals surface area (Å²) in [4.78, 5) is 28.0. The summed E-state index contributed by atoms with van der Waals surface area (Å²) in [5.41, 5.74) is 1.82. The number of hydrogen-bond acceptors (Lipinski definition) is 6. The van der Waals surface area contributed by atoms with Crippen molar-refractivity contribution >= 4 is 34.4 Å². The number of amides is 2. The van der Waals surface area contributed by atoms with Crippen molar-refractivity contribution in [3.05, 3.63) is 54.1 Å². The molecule has 0 radical (unpaired) electrons. The van der Waals surface area contributed by atoms with Crippen LogP contribution in [0.15, 0.2) is 53.5 Å². The third-order valence-electron chi connectivity index (χ3n) is 4.05. The molecule has 2 aromatic carbocycles. The monoisotopic (exact) mass is 383 g/mol. The number of carbonyl (C=O) groups excluding carboxylic acids is 2. The molecule has 1 atom stereocenters. The third-order valence-corrected chi connectivity index (χ3v) is 5.17. The lowest BCUT2D eigenvalue weighted by Gasteiger charge is -2.12. The van der Waals surface area contributed by atoms with Crippen LogP contribution in [-0.4, -0.2) is 29.0 Å². The fraction of sp³-hybridized carbons (Fsp3) is 0.211.